The molecule has 0 bridgehead atoms. The molecule has 1 aliphatic heterocycles. The highest BCUT2D eigenvalue weighted by atomic mass is 16.5. The van der Waals surface area contributed by atoms with E-state index in [9.17, 15) is 19.2 Å². The lowest BCUT2D eigenvalue weighted by molar-refractivity contribution is -0.140. The smallest absolute Gasteiger partial charge is 0.177 e. The normalized spacial score (nSPS) is 25.4. The van der Waals surface area contributed by atoms with Crippen molar-refractivity contribution < 1.29 is 23.9 Å². The summed E-state index contributed by atoms with van der Waals surface area (Å²) in [5.74, 6) is -2.54. The van der Waals surface area contributed by atoms with Crippen molar-refractivity contribution in [2.45, 2.75) is 33.1 Å². The Labute approximate surface area is 133 Å². The minimum absolute atomic E-state index is 0.185. The van der Waals surface area contributed by atoms with Gasteiger partial charge in [0.15, 0.2) is 17.3 Å². The van der Waals surface area contributed by atoms with Crippen LogP contribution in [0, 0.1) is 12.8 Å². The van der Waals surface area contributed by atoms with E-state index in [0.717, 1.165) is 5.56 Å². The van der Waals surface area contributed by atoms with Crippen molar-refractivity contribution in [2.75, 3.05) is 0 Å². The van der Waals surface area contributed by atoms with E-state index in [2.05, 4.69) is 0 Å². The minimum Gasteiger partial charge on any atom is -0.459 e. The summed E-state index contributed by atoms with van der Waals surface area (Å²) in [6.45, 7) is 6.11. The summed E-state index contributed by atoms with van der Waals surface area (Å²) < 4.78 is 5.72. The summed E-state index contributed by atoms with van der Waals surface area (Å²) in [7, 11) is 0. The lowest BCUT2D eigenvalue weighted by atomic mass is 9.68. The van der Waals surface area contributed by atoms with Gasteiger partial charge in [0.05, 0.1) is 5.56 Å². The largest absolute Gasteiger partial charge is 0.459 e. The Balaban J connectivity index is 2.31. The second kappa shape index (κ2) is 4.72. The van der Waals surface area contributed by atoms with Crippen molar-refractivity contribution >= 4 is 23.1 Å². The molecule has 3 rings (SSSR count). The van der Waals surface area contributed by atoms with Gasteiger partial charge in [-0.25, -0.2) is 0 Å². The molecule has 1 aliphatic carbocycles. The fraction of sp³-hybridized carbons (Fsp3) is 0.333. The number of benzene rings is 1. The van der Waals surface area contributed by atoms with Crippen LogP contribution < -0.4 is 4.74 Å². The lowest BCUT2D eigenvalue weighted by Gasteiger charge is -2.29. The summed E-state index contributed by atoms with van der Waals surface area (Å²) >= 11 is 0. The zero-order valence-corrected chi connectivity index (χ0v) is 13.4. The van der Waals surface area contributed by atoms with Gasteiger partial charge in [0.25, 0.3) is 0 Å². The third-order valence-electron chi connectivity index (χ3n) is 4.58. The maximum Gasteiger partial charge on any atom is 0.177 e. The number of allylic oxidation sites excluding steroid dienone is 2. The van der Waals surface area contributed by atoms with E-state index in [-0.39, 0.29) is 11.5 Å². The Kier molecular flexibility index (Phi) is 3.15. The van der Waals surface area contributed by atoms with Gasteiger partial charge < -0.3 is 4.74 Å². The SMILES string of the molecule is CC(=O)c1cc(C)cc2c1OC1=CC(=O)C(C(C)=O)C(=O)C12C. The zero-order valence-electron chi connectivity index (χ0n) is 13.4. The first kappa shape index (κ1) is 15.3. The first-order chi connectivity index (χ1) is 10.7. The Morgan fingerprint density at radius 1 is 1.17 bits per heavy atom. The van der Waals surface area contributed by atoms with Crippen molar-refractivity contribution in [3.63, 3.8) is 0 Å². The van der Waals surface area contributed by atoms with E-state index < -0.39 is 28.7 Å². The summed E-state index contributed by atoms with van der Waals surface area (Å²) in [5.41, 5.74) is 0.508. The van der Waals surface area contributed by atoms with Crippen LogP contribution in [0.1, 0.15) is 42.3 Å². The average Bonchev–Trinajstić information content (AvgIpc) is 2.72. The van der Waals surface area contributed by atoms with E-state index in [1.807, 2.05) is 6.92 Å². The number of rotatable bonds is 2. The van der Waals surface area contributed by atoms with Gasteiger partial charge in [-0.1, -0.05) is 6.07 Å². The molecule has 0 radical (unpaired) electrons. The lowest BCUT2D eigenvalue weighted by Crippen LogP contribution is -2.47. The number of ketones is 4. The number of carbonyl (C=O) groups is 4. The Bertz CT molecular complexity index is 830. The molecule has 5 heteroatoms. The van der Waals surface area contributed by atoms with Gasteiger partial charge in [-0.3, -0.25) is 19.2 Å². The molecule has 1 heterocycles. The molecule has 0 amide bonds. The standard InChI is InChI=1S/C18H16O5/c1-8-5-11(9(2)19)16-12(6-8)18(4)14(23-16)7-13(21)15(10(3)20)17(18)22/h5-7,15H,1-4H3. The van der Waals surface area contributed by atoms with Gasteiger partial charge in [-0.05, 0) is 39.3 Å². The molecule has 2 atom stereocenters. The number of aryl methyl sites for hydroxylation is 1. The number of Topliss-reactive ketones (excluding diaryl/α,β-unsaturated/α-hetero) is 3. The second-order valence-electron chi connectivity index (χ2n) is 6.29. The highest BCUT2D eigenvalue weighted by Crippen LogP contribution is 2.51. The molecular formula is C18H16O5. The molecule has 1 aromatic rings. The van der Waals surface area contributed by atoms with Crippen LogP contribution in [0.2, 0.25) is 0 Å². The Morgan fingerprint density at radius 3 is 2.39 bits per heavy atom. The van der Waals surface area contributed by atoms with Gasteiger partial charge in [0, 0.05) is 11.6 Å². The predicted molar refractivity (Wildman–Crippen MR) is 81.4 cm³/mol. The van der Waals surface area contributed by atoms with Crippen molar-refractivity contribution in [3.8, 4) is 5.75 Å². The molecule has 0 saturated carbocycles. The van der Waals surface area contributed by atoms with Gasteiger partial charge in [-0.2, -0.15) is 0 Å². The van der Waals surface area contributed by atoms with Crippen LogP contribution in [0.4, 0.5) is 0 Å². The molecule has 1 aromatic carbocycles. The average molecular weight is 312 g/mol. The summed E-state index contributed by atoms with van der Waals surface area (Å²) in [6, 6.07) is 3.46. The molecule has 5 nitrogen and oxygen atoms in total. The zero-order chi connectivity index (χ0) is 17.1. The van der Waals surface area contributed by atoms with Gasteiger partial charge in [0.2, 0.25) is 0 Å². The summed E-state index contributed by atoms with van der Waals surface area (Å²) in [6.07, 6.45) is 1.21. The minimum atomic E-state index is -1.31. The highest BCUT2D eigenvalue weighted by Gasteiger charge is 2.56. The number of hydrogen-bond acceptors (Lipinski definition) is 5. The number of fused-ring (bicyclic) bond motifs is 3. The fourth-order valence-corrected chi connectivity index (χ4v) is 3.30. The van der Waals surface area contributed by atoms with E-state index in [1.54, 1.807) is 19.1 Å². The maximum atomic E-state index is 12.9. The monoisotopic (exact) mass is 312 g/mol. The van der Waals surface area contributed by atoms with E-state index in [4.69, 9.17) is 4.74 Å². The highest BCUT2D eigenvalue weighted by molar-refractivity contribution is 6.27. The number of carbonyl (C=O) groups excluding carboxylic acids is 4. The molecule has 23 heavy (non-hydrogen) atoms. The third-order valence-corrected chi connectivity index (χ3v) is 4.58. The first-order valence-corrected chi connectivity index (χ1v) is 7.32. The molecule has 118 valence electrons. The molecule has 0 aromatic heterocycles. The molecular weight excluding hydrogens is 296 g/mol. The molecule has 0 saturated heterocycles. The van der Waals surface area contributed by atoms with Crippen LogP contribution in [0.15, 0.2) is 24.0 Å². The van der Waals surface area contributed by atoms with Crippen LogP contribution in [-0.4, -0.2) is 23.1 Å². The Morgan fingerprint density at radius 2 is 1.83 bits per heavy atom. The van der Waals surface area contributed by atoms with E-state index in [1.165, 1.54) is 19.9 Å². The first-order valence-electron chi connectivity index (χ1n) is 7.32. The quantitative estimate of drug-likeness (QED) is 0.617. The maximum absolute atomic E-state index is 12.9. The Hall–Kier alpha value is -2.56. The van der Waals surface area contributed by atoms with Crippen molar-refractivity contribution in [1.82, 2.24) is 0 Å². The summed E-state index contributed by atoms with van der Waals surface area (Å²) in [5, 5.41) is 0. The fourth-order valence-electron chi connectivity index (χ4n) is 3.30. The predicted octanol–water partition coefficient (Wildman–Crippen LogP) is 2.09. The summed E-state index contributed by atoms with van der Waals surface area (Å²) in [4.78, 5) is 48.6. The van der Waals surface area contributed by atoms with Gasteiger partial charge in [-0.15, -0.1) is 0 Å². The van der Waals surface area contributed by atoms with Crippen molar-refractivity contribution in [1.29, 1.82) is 0 Å². The molecule has 0 fully saturated rings. The number of hydrogen-bond donors (Lipinski definition) is 0. The van der Waals surface area contributed by atoms with E-state index in [0.29, 0.717) is 16.9 Å². The molecule has 2 aliphatic rings. The van der Waals surface area contributed by atoms with Crippen LogP contribution >= 0.6 is 0 Å². The van der Waals surface area contributed by atoms with Crippen molar-refractivity contribution in [3.05, 3.63) is 40.7 Å². The molecule has 2 unspecified atom stereocenters. The van der Waals surface area contributed by atoms with Crippen LogP contribution in [-0.2, 0) is 19.8 Å². The van der Waals surface area contributed by atoms with E-state index >= 15 is 0 Å². The van der Waals surface area contributed by atoms with Crippen LogP contribution in [0.5, 0.6) is 5.75 Å². The van der Waals surface area contributed by atoms with Crippen molar-refractivity contribution in [2.24, 2.45) is 5.92 Å². The second-order valence-corrected chi connectivity index (χ2v) is 6.29. The number of ether oxygens (including phenoxy) is 1. The molecule has 0 spiro atoms. The molecule has 0 N–H and O–H groups in total. The van der Waals surface area contributed by atoms with Gasteiger partial charge >= 0.3 is 0 Å². The topological polar surface area (TPSA) is 77.5 Å². The van der Waals surface area contributed by atoms with Crippen LogP contribution in [0.3, 0.4) is 0 Å². The van der Waals surface area contributed by atoms with Crippen LogP contribution in [0.25, 0.3) is 0 Å². The third kappa shape index (κ3) is 1.92. The van der Waals surface area contributed by atoms with Gasteiger partial charge in [0.1, 0.15) is 28.6 Å².